The lowest BCUT2D eigenvalue weighted by Crippen LogP contribution is -2.47. The quantitative estimate of drug-likeness (QED) is 0.223. The molecule has 1 aliphatic heterocycles. The first-order chi connectivity index (χ1) is 23.1. The molecule has 2 amide bonds. The van der Waals surface area contributed by atoms with Crippen LogP contribution < -0.4 is 15.7 Å². The Labute approximate surface area is 286 Å². The van der Waals surface area contributed by atoms with Gasteiger partial charge in [-0.05, 0) is 80.4 Å². The van der Waals surface area contributed by atoms with Crippen molar-refractivity contribution in [3.05, 3.63) is 128 Å². The Balaban J connectivity index is 1.38. The molecule has 0 unspecified atom stereocenters. The van der Waals surface area contributed by atoms with Crippen molar-refractivity contribution in [2.24, 2.45) is 0 Å². The fraction of sp³-hybridized carbons (Fsp3) is 0.250. The first-order valence-corrected chi connectivity index (χ1v) is 16.4. The number of ether oxygens (including phenoxy) is 1. The Morgan fingerprint density at radius 3 is 2.50 bits per heavy atom. The SMILES string of the molecule is Cc1cc(C(=O)N2Cc3c(C(=O)NCc4ccccc4-c4ncccn4)n(-c4ccc(OC[C@@H](C)O)cc4)c(=O)n3C[C@H]2C)ccc1Br. The zero-order valence-corrected chi connectivity index (χ0v) is 28.3. The highest BCUT2D eigenvalue weighted by Gasteiger charge is 2.35. The van der Waals surface area contributed by atoms with E-state index in [1.165, 1.54) is 4.57 Å². The third-order valence-corrected chi connectivity index (χ3v) is 9.16. The molecule has 246 valence electrons. The van der Waals surface area contributed by atoms with Crippen molar-refractivity contribution < 1.29 is 19.4 Å². The van der Waals surface area contributed by atoms with Gasteiger partial charge in [-0.15, -0.1) is 0 Å². The number of carbonyl (C=O) groups excluding carboxylic acids is 2. The van der Waals surface area contributed by atoms with Crippen molar-refractivity contribution in [3.63, 3.8) is 0 Å². The lowest BCUT2D eigenvalue weighted by atomic mass is 10.1. The molecule has 2 aromatic heterocycles. The number of imidazole rings is 1. The van der Waals surface area contributed by atoms with E-state index in [-0.39, 0.29) is 49.6 Å². The summed E-state index contributed by atoms with van der Waals surface area (Å²) in [6.07, 6.45) is 2.68. The van der Waals surface area contributed by atoms with Crippen LogP contribution in [0.4, 0.5) is 0 Å². The Morgan fingerprint density at radius 1 is 1.06 bits per heavy atom. The summed E-state index contributed by atoms with van der Waals surface area (Å²) in [6, 6.07) is 21.2. The number of hydrogen-bond acceptors (Lipinski definition) is 7. The van der Waals surface area contributed by atoms with Gasteiger partial charge in [-0.25, -0.2) is 14.8 Å². The van der Waals surface area contributed by atoms with Crippen molar-refractivity contribution >= 4 is 27.7 Å². The number of aromatic nitrogens is 4. The first kappa shape index (κ1) is 32.9. The lowest BCUT2D eigenvalue weighted by Gasteiger charge is -2.34. The molecular formula is C36H35BrN6O5. The van der Waals surface area contributed by atoms with Crippen LogP contribution in [0, 0.1) is 6.92 Å². The number of aryl methyl sites for hydroxylation is 1. The standard InChI is InChI=1S/C36H35BrN6O5/c1-22-17-25(9-14-30(22)37)35(46)41-20-31-32(34(45)40-18-26-7-4-5-8-29(26)33-38-15-6-16-39-33)43(36(47)42(31)19-23(41)2)27-10-12-28(13-11-27)48-21-24(3)44/h4-17,23-24,44H,18-21H2,1-3H3,(H,40,45)/t23-,24-/m1/s1. The largest absolute Gasteiger partial charge is 0.491 e. The number of benzene rings is 3. The number of carbonyl (C=O) groups is 2. The number of amides is 2. The molecule has 5 aromatic rings. The maximum atomic E-state index is 14.2. The molecule has 3 aromatic carbocycles. The van der Waals surface area contributed by atoms with Crippen molar-refractivity contribution in [1.82, 2.24) is 29.3 Å². The van der Waals surface area contributed by atoms with Gasteiger partial charge < -0.3 is 20.1 Å². The van der Waals surface area contributed by atoms with Crippen LogP contribution in [-0.2, 0) is 19.6 Å². The molecule has 3 heterocycles. The molecule has 6 rings (SSSR count). The Morgan fingerprint density at radius 2 is 1.79 bits per heavy atom. The molecule has 12 heteroatoms. The van der Waals surface area contributed by atoms with Crippen LogP contribution in [0.15, 0.2) is 94.5 Å². The van der Waals surface area contributed by atoms with Gasteiger partial charge in [0.2, 0.25) is 0 Å². The van der Waals surface area contributed by atoms with E-state index in [9.17, 15) is 19.5 Å². The summed E-state index contributed by atoms with van der Waals surface area (Å²) in [4.78, 5) is 52.6. The van der Waals surface area contributed by atoms with Crippen LogP contribution in [0.25, 0.3) is 17.1 Å². The van der Waals surface area contributed by atoms with E-state index >= 15 is 0 Å². The number of halogens is 1. The molecule has 0 saturated heterocycles. The van der Waals surface area contributed by atoms with Gasteiger partial charge in [-0.3, -0.25) is 18.7 Å². The normalized spacial score (nSPS) is 14.7. The molecule has 0 fully saturated rings. The van der Waals surface area contributed by atoms with E-state index in [4.69, 9.17) is 4.74 Å². The van der Waals surface area contributed by atoms with Gasteiger partial charge in [0.25, 0.3) is 11.8 Å². The highest BCUT2D eigenvalue weighted by molar-refractivity contribution is 9.10. The van der Waals surface area contributed by atoms with Crippen LogP contribution in [0.1, 0.15) is 51.5 Å². The van der Waals surface area contributed by atoms with Gasteiger partial charge in [0.1, 0.15) is 18.1 Å². The summed E-state index contributed by atoms with van der Waals surface area (Å²) in [5, 5.41) is 12.6. The van der Waals surface area contributed by atoms with Crippen LogP contribution in [0.2, 0.25) is 0 Å². The zero-order chi connectivity index (χ0) is 33.9. The van der Waals surface area contributed by atoms with Crippen molar-refractivity contribution in [3.8, 4) is 22.8 Å². The molecule has 48 heavy (non-hydrogen) atoms. The Bertz CT molecular complexity index is 2020. The van der Waals surface area contributed by atoms with E-state index in [0.29, 0.717) is 28.5 Å². The number of fused-ring (bicyclic) bond motifs is 1. The van der Waals surface area contributed by atoms with Gasteiger partial charge >= 0.3 is 5.69 Å². The van der Waals surface area contributed by atoms with Gasteiger partial charge in [-0.2, -0.15) is 0 Å². The second kappa shape index (κ2) is 14.0. The van der Waals surface area contributed by atoms with E-state index in [1.807, 2.05) is 50.2 Å². The summed E-state index contributed by atoms with van der Waals surface area (Å²) in [5.41, 5.74) is 3.68. The molecule has 0 spiro atoms. The predicted octanol–water partition coefficient (Wildman–Crippen LogP) is 4.90. The van der Waals surface area contributed by atoms with Crippen LogP contribution >= 0.6 is 15.9 Å². The van der Waals surface area contributed by atoms with Gasteiger partial charge in [0.05, 0.1) is 24.0 Å². The lowest BCUT2D eigenvalue weighted by molar-refractivity contribution is 0.0610. The number of aliphatic hydroxyl groups excluding tert-OH is 1. The fourth-order valence-electron chi connectivity index (χ4n) is 5.80. The number of nitrogens with one attached hydrogen (secondary N) is 1. The molecule has 0 saturated carbocycles. The van der Waals surface area contributed by atoms with Crippen LogP contribution in [0.3, 0.4) is 0 Å². The average molecular weight is 712 g/mol. The minimum atomic E-state index is -0.645. The summed E-state index contributed by atoms with van der Waals surface area (Å²) >= 11 is 3.50. The summed E-state index contributed by atoms with van der Waals surface area (Å²) < 4.78 is 9.49. The highest BCUT2D eigenvalue weighted by atomic mass is 79.9. The van der Waals surface area contributed by atoms with Gasteiger partial charge in [0.15, 0.2) is 5.82 Å². The van der Waals surface area contributed by atoms with E-state index in [2.05, 4.69) is 31.2 Å². The second-order valence-corrected chi connectivity index (χ2v) is 12.7. The summed E-state index contributed by atoms with van der Waals surface area (Å²) in [6.45, 7) is 5.98. The van der Waals surface area contributed by atoms with Gasteiger partial charge in [0, 0.05) is 47.1 Å². The van der Waals surface area contributed by atoms with Crippen LogP contribution in [-0.4, -0.2) is 59.7 Å². The van der Waals surface area contributed by atoms with Crippen molar-refractivity contribution in [1.29, 1.82) is 0 Å². The van der Waals surface area contributed by atoms with E-state index < -0.39 is 12.0 Å². The zero-order valence-electron chi connectivity index (χ0n) is 26.8. The van der Waals surface area contributed by atoms with Crippen LogP contribution in [0.5, 0.6) is 5.75 Å². The second-order valence-electron chi connectivity index (χ2n) is 11.8. The Hall–Kier alpha value is -5.07. The number of rotatable bonds is 9. The maximum absolute atomic E-state index is 14.2. The molecule has 2 N–H and O–H groups in total. The summed E-state index contributed by atoms with van der Waals surface area (Å²) in [5.74, 6) is 0.384. The fourth-order valence-corrected chi connectivity index (χ4v) is 6.05. The molecule has 1 aliphatic rings. The molecule has 0 radical (unpaired) electrons. The number of hydrogen-bond donors (Lipinski definition) is 2. The maximum Gasteiger partial charge on any atom is 0.333 e. The number of aliphatic hydroxyl groups is 1. The molecule has 0 bridgehead atoms. The minimum absolute atomic E-state index is 0.0597. The van der Waals surface area contributed by atoms with Crippen molar-refractivity contribution in [2.45, 2.75) is 52.6 Å². The first-order valence-electron chi connectivity index (χ1n) is 15.6. The average Bonchev–Trinajstić information content (AvgIpc) is 3.38. The third kappa shape index (κ3) is 6.67. The van der Waals surface area contributed by atoms with E-state index in [1.54, 1.807) is 65.2 Å². The van der Waals surface area contributed by atoms with Crippen molar-refractivity contribution in [2.75, 3.05) is 6.61 Å². The monoisotopic (exact) mass is 710 g/mol. The Kier molecular flexibility index (Phi) is 9.56. The highest BCUT2D eigenvalue weighted by Crippen LogP contribution is 2.27. The molecule has 0 aliphatic carbocycles. The molecule has 2 atom stereocenters. The topological polar surface area (TPSA) is 132 Å². The van der Waals surface area contributed by atoms with Gasteiger partial charge in [-0.1, -0.05) is 40.2 Å². The number of nitrogens with zero attached hydrogens (tertiary/aromatic N) is 5. The summed E-state index contributed by atoms with van der Waals surface area (Å²) in [7, 11) is 0. The predicted molar refractivity (Wildman–Crippen MR) is 184 cm³/mol. The molecule has 11 nitrogen and oxygen atoms in total. The molecular weight excluding hydrogens is 676 g/mol. The van der Waals surface area contributed by atoms with E-state index in [0.717, 1.165) is 21.2 Å². The smallest absolute Gasteiger partial charge is 0.333 e. The minimum Gasteiger partial charge on any atom is -0.491 e. The third-order valence-electron chi connectivity index (χ3n) is 8.27.